The predicted octanol–water partition coefficient (Wildman–Crippen LogP) is 2.92. The first-order chi connectivity index (χ1) is 9.66. The van der Waals surface area contributed by atoms with Crippen LogP contribution in [0.2, 0.25) is 0 Å². The highest BCUT2D eigenvalue weighted by Crippen LogP contribution is 2.47. The molecule has 3 heteroatoms. The van der Waals surface area contributed by atoms with Crippen LogP contribution < -0.4 is 5.32 Å². The molecule has 1 aliphatic carbocycles. The van der Waals surface area contributed by atoms with Crippen LogP contribution in [0.25, 0.3) is 0 Å². The van der Waals surface area contributed by atoms with Gasteiger partial charge in [0.15, 0.2) is 0 Å². The van der Waals surface area contributed by atoms with Crippen molar-refractivity contribution < 1.29 is 9.53 Å². The molecule has 1 saturated carbocycles. The Hall–Kier alpha value is -1.35. The molecule has 3 aliphatic rings. The first-order valence-electron chi connectivity index (χ1n) is 7.67. The zero-order chi connectivity index (χ0) is 14.2. The number of hydrogen-bond donors (Lipinski definition) is 1. The SMILES string of the molecule is CCOC(=O)C1NC2(c3ccccc3C)CCC1CC2. The Balaban J connectivity index is 1.90. The number of piperidine rings is 2. The molecule has 2 bridgehead atoms. The van der Waals surface area contributed by atoms with E-state index in [1.807, 2.05) is 6.92 Å². The van der Waals surface area contributed by atoms with Crippen molar-refractivity contribution in [1.29, 1.82) is 0 Å². The Kier molecular flexibility index (Phi) is 3.55. The monoisotopic (exact) mass is 273 g/mol. The molecule has 1 aromatic rings. The molecular formula is C17H23NO2. The summed E-state index contributed by atoms with van der Waals surface area (Å²) in [5, 5.41) is 3.63. The molecule has 2 heterocycles. The Morgan fingerprint density at radius 2 is 2.05 bits per heavy atom. The highest BCUT2D eigenvalue weighted by atomic mass is 16.5. The standard InChI is InChI=1S/C17H23NO2/c1-3-20-16(19)15-13-8-10-17(18-15,11-9-13)14-7-5-4-6-12(14)2/h4-7,13,15,18H,3,8-11H2,1-2H3. The molecule has 3 fully saturated rings. The van der Waals surface area contributed by atoms with Crippen molar-refractivity contribution in [3.8, 4) is 0 Å². The van der Waals surface area contributed by atoms with Gasteiger partial charge in [-0.15, -0.1) is 0 Å². The van der Waals surface area contributed by atoms with Crippen LogP contribution in [0.5, 0.6) is 0 Å². The lowest BCUT2D eigenvalue weighted by Gasteiger charge is -2.51. The number of hydrogen-bond acceptors (Lipinski definition) is 3. The lowest BCUT2D eigenvalue weighted by Crippen LogP contribution is -2.62. The van der Waals surface area contributed by atoms with Gasteiger partial charge in [0, 0.05) is 5.54 Å². The molecule has 2 saturated heterocycles. The third-order valence-electron chi connectivity index (χ3n) is 4.99. The van der Waals surface area contributed by atoms with Crippen molar-refractivity contribution in [3.05, 3.63) is 35.4 Å². The highest BCUT2D eigenvalue weighted by Gasteiger charge is 2.49. The van der Waals surface area contributed by atoms with Gasteiger partial charge in [0.2, 0.25) is 0 Å². The van der Waals surface area contributed by atoms with Crippen molar-refractivity contribution in [3.63, 3.8) is 0 Å². The van der Waals surface area contributed by atoms with E-state index in [0.717, 1.165) is 25.7 Å². The van der Waals surface area contributed by atoms with Gasteiger partial charge in [-0.1, -0.05) is 24.3 Å². The third-order valence-corrected chi connectivity index (χ3v) is 4.99. The second-order valence-corrected chi connectivity index (χ2v) is 6.11. The van der Waals surface area contributed by atoms with E-state index in [0.29, 0.717) is 12.5 Å². The Morgan fingerprint density at radius 3 is 2.70 bits per heavy atom. The van der Waals surface area contributed by atoms with Gasteiger partial charge < -0.3 is 4.74 Å². The summed E-state index contributed by atoms with van der Waals surface area (Å²) in [5.41, 5.74) is 2.63. The van der Waals surface area contributed by atoms with Gasteiger partial charge in [0.05, 0.1) is 6.61 Å². The highest BCUT2D eigenvalue weighted by molar-refractivity contribution is 5.77. The van der Waals surface area contributed by atoms with E-state index < -0.39 is 0 Å². The average molecular weight is 273 g/mol. The molecule has 108 valence electrons. The number of esters is 1. The molecule has 3 nitrogen and oxygen atoms in total. The molecule has 2 aliphatic heterocycles. The Bertz CT molecular complexity index is 503. The summed E-state index contributed by atoms with van der Waals surface area (Å²) in [4.78, 5) is 12.2. The lowest BCUT2D eigenvalue weighted by molar-refractivity contribution is -0.151. The fourth-order valence-electron chi connectivity index (χ4n) is 3.97. The quantitative estimate of drug-likeness (QED) is 0.861. The molecule has 1 aromatic carbocycles. The maximum atomic E-state index is 12.2. The van der Waals surface area contributed by atoms with Crippen molar-refractivity contribution in [1.82, 2.24) is 5.32 Å². The van der Waals surface area contributed by atoms with E-state index in [2.05, 4.69) is 36.5 Å². The van der Waals surface area contributed by atoms with E-state index in [-0.39, 0.29) is 17.6 Å². The van der Waals surface area contributed by atoms with Crippen LogP contribution in [0.3, 0.4) is 0 Å². The molecule has 0 radical (unpaired) electrons. The van der Waals surface area contributed by atoms with Crippen LogP contribution in [-0.2, 0) is 15.1 Å². The van der Waals surface area contributed by atoms with Gasteiger partial charge in [0.1, 0.15) is 6.04 Å². The first kappa shape index (κ1) is 13.6. The molecule has 1 atom stereocenters. The molecular weight excluding hydrogens is 250 g/mol. The van der Waals surface area contributed by atoms with Crippen molar-refractivity contribution in [2.24, 2.45) is 5.92 Å². The predicted molar refractivity (Wildman–Crippen MR) is 78.4 cm³/mol. The number of nitrogens with one attached hydrogen (secondary N) is 1. The summed E-state index contributed by atoms with van der Waals surface area (Å²) in [6, 6.07) is 8.41. The van der Waals surface area contributed by atoms with Gasteiger partial charge >= 0.3 is 5.97 Å². The minimum absolute atomic E-state index is 0.0302. The first-order valence-corrected chi connectivity index (χ1v) is 7.67. The van der Waals surface area contributed by atoms with Crippen molar-refractivity contribution in [2.75, 3.05) is 6.61 Å². The molecule has 0 amide bonds. The summed E-state index contributed by atoms with van der Waals surface area (Å²) in [5.74, 6) is 0.370. The number of fused-ring (bicyclic) bond motifs is 3. The Morgan fingerprint density at radius 1 is 1.35 bits per heavy atom. The fourth-order valence-corrected chi connectivity index (χ4v) is 3.97. The molecule has 4 rings (SSSR count). The molecule has 0 aromatic heterocycles. The van der Waals surface area contributed by atoms with E-state index in [4.69, 9.17) is 4.74 Å². The van der Waals surface area contributed by atoms with Crippen LogP contribution in [0, 0.1) is 12.8 Å². The van der Waals surface area contributed by atoms with Crippen LogP contribution in [0.4, 0.5) is 0 Å². The van der Waals surface area contributed by atoms with E-state index in [9.17, 15) is 4.79 Å². The van der Waals surface area contributed by atoms with Gasteiger partial charge in [-0.25, -0.2) is 0 Å². The third kappa shape index (κ3) is 2.14. The fraction of sp³-hybridized carbons (Fsp3) is 0.588. The number of carbonyl (C=O) groups is 1. The average Bonchev–Trinajstić information content (AvgIpc) is 2.49. The summed E-state index contributed by atoms with van der Waals surface area (Å²) >= 11 is 0. The van der Waals surface area contributed by atoms with Crippen molar-refractivity contribution >= 4 is 5.97 Å². The van der Waals surface area contributed by atoms with Crippen LogP contribution in [0.1, 0.15) is 43.7 Å². The summed E-state index contributed by atoms with van der Waals surface area (Å²) in [6.07, 6.45) is 4.48. The van der Waals surface area contributed by atoms with E-state index in [1.165, 1.54) is 11.1 Å². The summed E-state index contributed by atoms with van der Waals surface area (Å²) < 4.78 is 5.24. The second kappa shape index (κ2) is 5.21. The van der Waals surface area contributed by atoms with Crippen LogP contribution in [0.15, 0.2) is 24.3 Å². The maximum Gasteiger partial charge on any atom is 0.323 e. The van der Waals surface area contributed by atoms with Crippen LogP contribution in [-0.4, -0.2) is 18.6 Å². The van der Waals surface area contributed by atoms with Crippen LogP contribution >= 0.6 is 0 Å². The van der Waals surface area contributed by atoms with Gasteiger partial charge in [0.25, 0.3) is 0 Å². The minimum atomic E-state index is -0.128. The molecule has 0 spiro atoms. The Labute approximate surface area is 120 Å². The lowest BCUT2D eigenvalue weighted by atomic mass is 9.65. The molecule has 1 unspecified atom stereocenters. The summed E-state index contributed by atoms with van der Waals surface area (Å²) in [7, 11) is 0. The topological polar surface area (TPSA) is 38.3 Å². The number of ether oxygens (including phenoxy) is 1. The zero-order valence-electron chi connectivity index (χ0n) is 12.3. The van der Waals surface area contributed by atoms with E-state index >= 15 is 0 Å². The molecule has 20 heavy (non-hydrogen) atoms. The number of benzene rings is 1. The van der Waals surface area contributed by atoms with Gasteiger partial charge in [-0.3, -0.25) is 10.1 Å². The number of aryl methyl sites for hydroxylation is 1. The largest absolute Gasteiger partial charge is 0.465 e. The molecule has 1 N–H and O–H groups in total. The second-order valence-electron chi connectivity index (χ2n) is 6.11. The van der Waals surface area contributed by atoms with Gasteiger partial charge in [-0.2, -0.15) is 0 Å². The zero-order valence-corrected chi connectivity index (χ0v) is 12.3. The number of carbonyl (C=O) groups excluding carboxylic acids is 1. The minimum Gasteiger partial charge on any atom is -0.465 e. The van der Waals surface area contributed by atoms with Crippen molar-refractivity contribution in [2.45, 2.75) is 51.1 Å². The smallest absolute Gasteiger partial charge is 0.323 e. The summed E-state index contributed by atoms with van der Waals surface area (Å²) in [6.45, 7) is 4.49. The van der Waals surface area contributed by atoms with Gasteiger partial charge in [-0.05, 0) is 56.6 Å². The van der Waals surface area contributed by atoms with E-state index in [1.54, 1.807) is 0 Å². The number of rotatable bonds is 3. The maximum absolute atomic E-state index is 12.2. The normalized spacial score (nSPS) is 32.1.